The number of imidazole rings is 1. The smallest absolute Gasteiger partial charge is 0.257 e. The van der Waals surface area contributed by atoms with E-state index >= 15 is 0 Å². The van der Waals surface area contributed by atoms with Crippen molar-refractivity contribution in [1.82, 2.24) is 14.7 Å². The Morgan fingerprint density at radius 2 is 2.25 bits per heavy atom. The van der Waals surface area contributed by atoms with Crippen LogP contribution in [-0.4, -0.2) is 36.6 Å². The van der Waals surface area contributed by atoms with Crippen LogP contribution < -0.4 is 4.72 Å². The van der Waals surface area contributed by atoms with Crippen LogP contribution in [0.2, 0.25) is 0 Å². The maximum Gasteiger partial charge on any atom is 0.257 e. The van der Waals surface area contributed by atoms with Crippen molar-refractivity contribution in [1.29, 1.82) is 0 Å². The van der Waals surface area contributed by atoms with E-state index in [2.05, 4.69) is 14.7 Å². The van der Waals surface area contributed by atoms with Crippen LogP contribution in [0.3, 0.4) is 0 Å². The molecule has 0 saturated heterocycles. The van der Waals surface area contributed by atoms with Gasteiger partial charge >= 0.3 is 0 Å². The zero-order chi connectivity index (χ0) is 12.0. The van der Waals surface area contributed by atoms with Gasteiger partial charge in [-0.05, 0) is 12.8 Å². The molecule has 0 spiro atoms. The first-order valence-electron chi connectivity index (χ1n) is 5.24. The molecule has 0 saturated carbocycles. The summed E-state index contributed by atoms with van der Waals surface area (Å²) in [5, 5.41) is 8.65. The SMILES string of the molecule is CCc1ncc(S(=O)(=O)NCCCCO)[nH]1. The normalized spacial score (nSPS) is 11.9. The molecule has 0 fully saturated rings. The number of hydrogen-bond donors (Lipinski definition) is 3. The highest BCUT2D eigenvalue weighted by Gasteiger charge is 2.15. The van der Waals surface area contributed by atoms with Gasteiger partial charge in [0, 0.05) is 19.6 Å². The molecule has 0 radical (unpaired) electrons. The van der Waals surface area contributed by atoms with Crippen molar-refractivity contribution in [3.8, 4) is 0 Å². The third kappa shape index (κ3) is 3.58. The monoisotopic (exact) mass is 247 g/mol. The molecule has 16 heavy (non-hydrogen) atoms. The Hall–Kier alpha value is -0.920. The van der Waals surface area contributed by atoms with Crippen LogP contribution in [0.5, 0.6) is 0 Å². The Balaban J connectivity index is 2.56. The summed E-state index contributed by atoms with van der Waals surface area (Å²) in [7, 11) is -3.48. The highest BCUT2D eigenvalue weighted by molar-refractivity contribution is 7.89. The topological polar surface area (TPSA) is 95.1 Å². The molecule has 0 aliphatic rings. The molecule has 1 aromatic heterocycles. The van der Waals surface area contributed by atoms with Gasteiger partial charge in [0.2, 0.25) is 0 Å². The number of H-pyrrole nitrogens is 1. The largest absolute Gasteiger partial charge is 0.396 e. The number of hydrogen-bond acceptors (Lipinski definition) is 4. The van der Waals surface area contributed by atoms with Crippen LogP contribution in [0.15, 0.2) is 11.2 Å². The van der Waals surface area contributed by atoms with E-state index in [1.165, 1.54) is 6.20 Å². The summed E-state index contributed by atoms with van der Waals surface area (Å²) < 4.78 is 25.8. The maximum atomic E-state index is 11.7. The van der Waals surface area contributed by atoms with E-state index < -0.39 is 10.0 Å². The van der Waals surface area contributed by atoms with E-state index in [0.29, 0.717) is 31.6 Å². The van der Waals surface area contributed by atoms with Crippen molar-refractivity contribution in [2.45, 2.75) is 31.2 Å². The van der Waals surface area contributed by atoms with Gasteiger partial charge in [-0.2, -0.15) is 0 Å². The Morgan fingerprint density at radius 3 is 2.81 bits per heavy atom. The second kappa shape index (κ2) is 5.97. The lowest BCUT2D eigenvalue weighted by molar-refractivity contribution is 0.285. The molecule has 0 amide bonds. The van der Waals surface area contributed by atoms with Gasteiger partial charge in [0.15, 0.2) is 5.03 Å². The average Bonchev–Trinajstić information content (AvgIpc) is 2.73. The van der Waals surface area contributed by atoms with Crippen molar-refractivity contribution in [2.75, 3.05) is 13.2 Å². The second-order valence-corrected chi connectivity index (χ2v) is 5.11. The predicted octanol–water partition coefficient (Wildman–Crippen LogP) is 0.0229. The van der Waals surface area contributed by atoms with Crippen molar-refractivity contribution >= 4 is 10.0 Å². The number of sulfonamides is 1. The summed E-state index contributed by atoms with van der Waals surface area (Å²) in [6, 6.07) is 0. The minimum Gasteiger partial charge on any atom is -0.396 e. The van der Waals surface area contributed by atoms with E-state index in [4.69, 9.17) is 5.11 Å². The summed E-state index contributed by atoms with van der Waals surface area (Å²) in [5.41, 5.74) is 0. The van der Waals surface area contributed by atoms with E-state index in [0.717, 1.165) is 0 Å². The molecule has 0 atom stereocenters. The number of rotatable bonds is 7. The standard InChI is InChI=1S/C9H17N3O3S/c1-2-8-10-7-9(12-8)16(14,15)11-5-3-4-6-13/h7,11,13H,2-6H2,1H3,(H,10,12). The average molecular weight is 247 g/mol. The number of unbranched alkanes of at least 4 members (excludes halogenated alkanes) is 1. The summed E-state index contributed by atoms with van der Waals surface area (Å²) >= 11 is 0. The first kappa shape index (κ1) is 13.1. The number of nitrogens with one attached hydrogen (secondary N) is 2. The fourth-order valence-corrected chi connectivity index (χ4v) is 2.19. The molecule has 0 unspecified atom stereocenters. The van der Waals surface area contributed by atoms with Crippen LogP contribution >= 0.6 is 0 Å². The van der Waals surface area contributed by atoms with Crippen molar-refractivity contribution < 1.29 is 13.5 Å². The predicted molar refractivity (Wildman–Crippen MR) is 59.5 cm³/mol. The van der Waals surface area contributed by atoms with Gasteiger partial charge in [-0.1, -0.05) is 6.92 Å². The molecule has 6 nitrogen and oxygen atoms in total. The van der Waals surface area contributed by atoms with Gasteiger partial charge in [0.25, 0.3) is 10.0 Å². The minimum atomic E-state index is -3.48. The van der Waals surface area contributed by atoms with E-state index in [9.17, 15) is 8.42 Å². The molecule has 1 rings (SSSR count). The first-order valence-corrected chi connectivity index (χ1v) is 6.73. The van der Waals surface area contributed by atoms with Crippen molar-refractivity contribution in [2.24, 2.45) is 0 Å². The number of aryl methyl sites for hydroxylation is 1. The summed E-state index contributed by atoms with van der Waals surface area (Å²) in [6.45, 7) is 2.29. The quantitative estimate of drug-likeness (QED) is 0.592. The lowest BCUT2D eigenvalue weighted by Crippen LogP contribution is -2.25. The summed E-state index contributed by atoms with van der Waals surface area (Å²) in [4.78, 5) is 6.66. The first-order chi connectivity index (χ1) is 7.60. The van der Waals surface area contributed by atoms with Crippen molar-refractivity contribution in [3.05, 3.63) is 12.0 Å². The lowest BCUT2D eigenvalue weighted by Gasteiger charge is -2.03. The Labute approximate surface area is 95.2 Å². The number of nitrogens with zero attached hydrogens (tertiary/aromatic N) is 1. The third-order valence-electron chi connectivity index (χ3n) is 2.11. The minimum absolute atomic E-state index is 0.0752. The molecular weight excluding hydrogens is 230 g/mol. The summed E-state index contributed by atoms with van der Waals surface area (Å²) in [6.07, 6.45) is 3.18. The molecule has 0 bridgehead atoms. The van der Waals surface area contributed by atoms with Gasteiger partial charge in [-0.3, -0.25) is 0 Å². The lowest BCUT2D eigenvalue weighted by atomic mass is 10.3. The fraction of sp³-hybridized carbons (Fsp3) is 0.667. The van der Waals surface area contributed by atoms with E-state index in [-0.39, 0.29) is 11.6 Å². The number of aromatic nitrogens is 2. The number of aliphatic hydroxyl groups is 1. The van der Waals surface area contributed by atoms with Gasteiger partial charge < -0.3 is 10.1 Å². The molecule has 92 valence electrons. The fourth-order valence-electron chi connectivity index (χ4n) is 1.18. The zero-order valence-corrected chi connectivity index (χ0v) is 10.0. The highest BCUT2D eigenvalue weighted by Crippen LogP contribution is 2.05. The molecule has 7 heteroatoms. The van der Waals surface area contributed by atoms with E-state index in [1.807, 2.05) is 6.92 Å². The molecule has 0 aliphatic heterocycles. The Bertz CT molecular complexity index is 413. The van der Waals surface area contributed by atoms with Gasteiger partial charge in [0.1, 0.15) is 5.82 Å². The molecule has 1 heterocycles. The van der Waals surface area contributed by atoms with Crippen LogP contribution in [0.4, 0.5) is 0 Å². The highest BCUT2D eigenvalue weighted by atomic mass is 32.2. The summed E-state index contributed by atoms with van der Waals surface area (Å²) in [5.74, 6) is 0.649. The van der Waals surface area contributed by atoms with Crippen LogP contribution in [0.1, 0.15) is 25.6 Å². The van der Waals surface area contributed by atoms with Crippen LogP contribution in [0, 0.1) is 0 Å². The number of aliphatic hydroxyl groups excluding tert-OH is 1. The van der Waals surface area contributed by atoms with Gasteiger partial charge in [-0.15, -0.1) is 0 Å². The molecule has 1 aromatic rings. The Kier molecular flexibility index (Phi) is 4.91. The van der Waals surface area contributed by atoms with Crippen molar-refractivity contribution in [3.63, 3.8) is 0 Å². The van der Waals surface area contributed by atoms with Crippen LogP contribution in [-0.2, 0) is 16.4 Å². The molecular formula is C9H17N3O3S. The maximum absolute atomic E-state index is 11.7. The molecule has 0 aliphatic carbocycles. The van der Waals surface area contributed by atoms with Gasteiger partial charge in [0.05, 0.1) is 6.20 Å². The zero-order valence-electron chi connectivity index (χ0n) is 9.23. The van der Waals surface area contributed by atoms with Gasteiger partial charge in [-0.25, -0.2) is 18.1 Å². The number of aromatic amines is 1. The third-order valence-corrected chi connectivity index (χ3v) is 3.48. The van der Waals surface area contributed by atoms with E-state index in [1.54, 1.807) is 0 Å². The second-order valence-electron chi connectivity index (χ2n) is 3.38. The Morgan fingerprint density at radius 1 is 1.50 bits per heavy atom. The molecule has 3 N–H and O–H groups in total. The van der Waals surface area contributed by atoms with Crippen LogP contribution in [0.25, 0.3) is 0 Å². The molecule has 0 aromatic carbocycles.